The third-order valence-electron chi connectivity index (χ3n) is 9.03. The average molecular weight is 675 g/mol. The highest BCUT2D eigenvalue weighted by molar-refractivity contribution is 7.90. The van der Waals surface area contributed by atoms with Gasteiger partial charge in [0.1, 0.15) is 15.9 Å². The lowest BCUT2D eigenvalue weighted by Gasteiger charge is -2.26. The Bertz CT molecular complexity index is 1390. The summed E-state index contributed by atoms with van der Waals surface area (Å²) in [7, 11) is 0.0419. The molecule has 1 amide bonds. The van der Waals surface area contributed by atoms with Crippen molar-refractivity contribution < 1.29 is 37.3 Å². The zero-order chi connectivity index (χ0) is 34.4. The normalized spacial score (nSPS) is 19.5. The summed E-state index contributed by atoms with van der Waals surface area (Å²) in [5.41, 5.74) is 3.92. The Morgan fingerprint density at radius 3 is 2.36 bits per heavy atom. The summed E-state index contributed by atoms with van der Waals surface area (Å²) in [6, 6.07) is 12.3. The van der Waals surface area contributed by atoms with E-state index < -0.39 is 27.8 Å². The van der Waals surface area contributed by atoms with E-state index in [0.717, 1.165) is 49.1 Å². The predicted molar refractivity (Wildman–Crippen MR) is 184 cm³/mol. The summed E-state index contributed by atoms with van der Waals surface area (Å²) in [4.78, 5) is 27.7. The molecule has 11 heteroatoms. The molecule has 1 saturated heterocycles. The molecular formula is C36H54N2O8S. The van der Waals surface area contributed by atoms with E-state index in [1.54, 1.807) is 20.3 Å². The Balaban J connectivity index is 0.00000142. The van der Waals surface area contributed by atoms with Gasteiger partial charge in [-0.1, -0.05) is 49.6 Å². The van der Waals surface area contributed by atoms with Crippen LogP contribution >= 0.6 is 0 Å². The second kappa shape index (κ2) is 19.2. The lowest BCUT2D eigenvalue weighted by Crippen LogP contribution is -2.42. The smallest absolute Gasteiger partial charge is 0.326 e. The Hall–Kier alpha value is -2.83. The maximum Gasteiger partial charge on any atom is 0.326 e. The number of rotatable bonds is 15. The van der Waals surface area contributed by atoms with E-state index >= 15 is 0 Å². The fourth-order valence-electron chi connectivity index (χ4n) is 6.25. The number of nitrogens with zero attached hydrogens (tertiary/aromatic N) is 1. The van der Waals surface area contributed by atoms with Gasteiger partial charge >= 0.3 is 5.97 Å². The van der Waals surface area contributed by atoms with E-state index in [9.17, 15) is 23.1 Å². The molecule has 0 spiro atoms. The first-order valence-corrected chi connectivity index (χ1v) is 18.8. The van der Waals surface area contributed by atoms with Crippen molar-refractivity contribution in [1.82, 2.24) is 10.2 Å². The first-order chi connectivity index (χ1) is 22.4. The molecule has 1 aliphatic carbocycles. The van der Waals surface area contributed by atoms with Gasteiger partial charge in [-0.05, 0) is 79.8 Å². The molecule has 1 saturated carbocycles. The van der Waals surface area contributed by atoms with Gasteiger partial charge in [0.15, 0.2) is 0 Å². The average Bonchev–Trinajstić information content (AvgIpc) is 3.44. The highest BCUT2D eigenvalue weighted by Crippen LogP contribution is 2.31. The molecule has 4 rings (SSSR count). The number of methoxy groups -OCH3 is 2. The molecule has 3 atom stereocenters. The highest BCUT2D eigenvalue weighted by atomic mass is 32.2. The third kappa shape index (κ3) is 12.6. The van der Waals surface area contributed by atoms with Crippen LogP contribution < -0.4 is 5.32 Å². The number of nitrogens with one attached hydrogen (secondary N) is 1. The quantitative estimate of drug-likeness (QED) is 0.264. The third-order valence-corrected chi connectivity index (χ3v) is 10.0. The Labute approximate surface area is 281 Å². The minimum atomic E-state index is -3.39. The van der Waals surface area contributed by atoms with Crippen molar-refractivity contribution in [3.63, 3.8) is 0 Å². The van der Waals surface area contributed by atoms with Gasteiger partial charge in [-0.2, -0.15) is 0 Å². The maximum atomic E-state index is 13.5. The molecular weight excluding hydrogens is 620 g/mol. The number of hydrogen-bond acceptors (Lipinski definition) is 8. The van der Waals surface area contributed by atoms with Gasteiger partial charge in [0.05, 0.1) is 18.5 Å². The zero-order valence-electron chi connectivity index (χ0n) is 28.7. The fourth-order valence-corrected chi connectivity index (χ4v) is 6.91. The summed E-state index contributed by atoms with van der Waals surface area (Å²) < 4.78 is 39.8. The molecule has 0 radical (unpaired) electrons. The van der Waals surface area contributed by atoms with Crippen molar-refractivity contribution in [3.8, 4) is 11.1 Å². The molecule has 1 heterocycles. The number of carbonyl (C=O) groups is 2. The van der Waals surface area contributed by atoms with Crippen LogP contribution in [-0.4, -0.2) is 101 Å². The second-order valence-electron chi connectivity index (χ2n) is 12.8. The summed E-state index contributed by atoms with van der Waals surface area (Å²) in [6.45, 7) is 7.66. The molecule has 262 valence electrons. The minimum absolute atomic E-state index is 0.129. The van der Waals surface area contributed by atoms with E-state index in [0.29, 0.717) is 30.2 Å². The Morgan fingerprint density at radius 1 is 1.04 bits per heavy atom. The van der Waals surface area contributed by atoms with Crippen LogP contribution in [0, 0.1) is 12.8 Å². The van der Waals surface area contributed by atoms with Gasteiger partial charge in [0.2, 0.25) is 0 Å². The molecule has 2 aromatic carbocycles. The monoisotopic (exact) mass is 674 g/mol. The number of ether oxygens (including phenoxy) is 3. The number of benzene rings is 2. The first kappa shape index (κ1) is 38.6. The molecule has 2 aliphatic rings. The minimum Gasteiger partial charge on any atom is -0.480 e. The van der Waals surface area contributed by atoms with Crippen molar-refractivity contribution in [2.75, 3.05) is 52.6 Å². The number of carboxylic acids is 1. The van der Waals surface area contributed by atoms with Crippen molar-refractivity contribution in [2.45, 2.75) is 83.5 Å². The molecule has 2 fully saturated rings. The summed E-state index contributed by atoms with van der Waals surface area (Å²) in [5.74, 6) is -1.51. The van der Waals surface area contributed by atoms with Gasteiger partial charge in [0.25, 0.3) is 5.91 Å². The number of carbonyl (C=O) groups excluding carboxylic acids is 1. The van der Waals surface area contributed by atoms with Crippen LogP contribution in [0.15, 0.2) is 42.5 Å². The number of aliphatic carboxylic acids is 1. The van der Waals surface area contributed by atoms with Gasteiger partial charge in [0, 0.05) is 58.4 Å². The zero-order valence-corrected chi connectivity index (χ0v) is 29.5. The predicted octanol–water partition coefficient (Wildman–Crippen LogP) is 5.12. The van der Waals surface area contributed by atoms with Crippen molar-refractivity contribution >= 4 is 21.7 Å². The Morgan fingerprint density at radius 2 is 1.74 bits per heavy atom. The van der Waals surface area contributed by atoms with E-state index in [2.05, 4.69) is 15.0 Å². The van der Waals surface area contributed by atoms with E-state index in [-0.39, 0.29) is 24.3 Å². The molecule has 2 aromatic rings. The van der Waals surface area contributed by atoms with Crippen molar-refractivity contribution in [1.29, 1.82) is 0 Å². The van der Waals surface area contributed by atoms with Crippen LogP contribution in [0.5, 0.6) is 0 Å². The number of sulfone groups is 1. The lowest BCUT2D eigenvalue weighted by atomic mass is 9.90. The SMILES string of the molecule is CCOC.COC1C[C@@H](COCC2CCCCC2)N(Cc2ccc(C(=O)NC(CCS(C)(=O)=O)C(=O)O)c(-c3ccccc3C)c2)C1. The van der Waals surface area contributed by atoms with Crippen molar-refractivity contribution in [2.24, 2.45) is 5.92 Å². The van der Waals surface area contributed by atoms with E-state index in [4.69, 9.17) is 9.47 Å². The number of carboxylic acid groups (broad SMARTS) is 1. The molecule has 10 nitrogen and oxygen atoms in total. The van der Waals surface area contributed by atoms with E-state index in [1.165, 1.54) is 32.1 Å². The van der Waals surface area contributed by atoms with Gasteiger partial charge in [-0.3, -0.25) is 9.69 Å². The summed E-state index contributed by atoms with van der Waals surface area (Å²) in [6.07, 6.45) is 8.29. The number of likely N-dealkylation sites (tertiary alicyclic amines) is 1. The molecule has 1 aliphatic heterocycles. The highest BCUT2D eigenvalue weighted by Gasteiger charge is 2.33. The van der Waals surface area contributed by atoms with Crippen LogP contribution in [0.1, 0.15) is 73.4 Å². The van der Waals surface area contributed by atoms with Gasteiger partial charge in [-0.25, -0.2) is 13.2 Å². The molecule has 2 unspecified atom stereocenters. The van der Waals surface area contributed by atoms with Crippen LogP contribution in [-0.2, 0) is 35.4 Å². The summed E-state index contributed by atoms with van der Waals surface area (Å²) >= 11 is 0. The molecule has 2 N–H and O–H groups in total. The van der Waals surface area contributed by atoms with Gasteiger partial charge < -0.3 is 24.6 Å². The van der Waals surface area contributed by atoms with Gasteiger partial charge in [-0.15, -0.1) is 0 Å². The number of aryl methyl sites for hydroxylation is 1. The number of amides is 1. The van der Waals surface area contributed by atoms with Crippen LogP contribution in [0.2, 0.25) is 0 Å². The maximum absolute atomic E-state index is 13.5. The topological polar surface area (TPSA) is 131 Å². The molecule has 0 bridgehead atoms. The second-order valence-corrected chi connectivity index (χ2v) is 15.0. The number of hydrogen-bond donors (Lipinski definition) is 2. The van der Waals surface area contributed by atoms with Crippen molar-refractivity contribution in [3.05, 3.63) is 59.2 Å². The van der Waals surface area contributed by atoms with Crippen LogP contribution in [0.25, 0.3) is 11.1 Å². The van der Waals surface area contributed by atoms with E-state index in [1.807, 2.05) is 50.2 Å². The Kier molecular flexibility index (Phi) is 15.8. The van der Waals surface area contributed by atoms with Crippen LogP contribution in [0.4, 0.5) is 0 Å². The first-order valence-electron chi connectivity index (χ1n) is 16.7. The molecule has 47 heavy (non-hydrogen) atoms. The van der Waals surface area contributed by atoms with Crippen LogP contribution in [0.3, 0.4) is 0 Å². The largest absolute Gasteiger partial charge is 0.480 e. The standard InChI is InChI=1S/C33H46N2O7S.C3H8O/c1-23-9-7-8-12-28(23)30-17-25(13-14-29(30)32(36)34-31(33(37)38)15-16-43(3,39)40)19-35-20-27(41-2)18-26(35)22-42-21-24-10-5-4-6-11-24;1-3-4-2/h7-9,12-14,17,24,26-27,31H,4-6,10-11,15-16,18-22H2,1-3H3,(H,34,36)(H,37,38);3H2,1-2H3/t26-,27?,31?;/m0./s1. The molecule has 0 aromatic heterocycles. The lowest BCUT2D eigenvalue weighted by molar-refractivity contribution is -0.139. The summed E-state index contributed by atoms with van der Waals surface area (Å²) in [5, 5.41) is 12.2. The fraction of sp³-hybridized carbons (Fsp3) is 0.611.